The van der Waals surface area contributed by atoms with Crippen LogP contribution in [0.2, 0.25) is 0 Å². The predicted octanol–water partition coefficient (Wildman–Crippen LogP) is 8.54. The van der Waals surface area contributed by atoms with Gasteiger partial charge in [0.2, 0.25) is 0 Å². The molecule has 0 spiro atoms. The largest absolute Gasteiger partial charge is 0.343 e. The van der Waals surface area contributed by atoms with Crippen LogP contribution in [-0.2, 0) is 12.0 Å². The molecule has 2 heterocycles. The SMILES string of the molecule is Cc1ccc(-c2ccccc2Cn2cc(C(C)(C)C)cc2-c2cccc(-c3ccccc3)c2)nc1. The van der Waals surface area contributed by atoms with Crippen LogP contribution in [0.15, 0.2) is 109 Å². The number of hydrogen-bond acceptors (Lipinski definition) is 1. The molecule has 2 nitrogen and oxygen atoms in total. The van der Waals surface area contributed by atoms with Gasteiger partial charge in [-0.2, -0.15) is 0 Å². The van der Waals surface area contributed by atoms with E-state index in [1.165, 1.54) is 44.6 Å². The maximum absolute atomic E-state index is 4.71. The lowest BCUT2D eigenvalue weighted by molar-refractivity contribution is 0.588. The maximum Gasteiger partial charge on any atom is 0.0705 e. The quantitative estimate of drug-likeness (QED) is 0.259. The molecular weight excluding hydrogens is 424 g/mol. The molecule has 0 N–H and O–H groups in total. The Labute approximate surface area is 208 Å². The summed E-state index contributed by atoms with van der Waals surface area (Å²) in [7, 11) is 0. The van der Waals surface area contributed by atoms with E-state index < -0.39 is 0 Å². The Kier molecular flexibility index (Phi) is 6.13. The highest BCUT2D eigenvalue weighted by Crippen LogP contribution is 2.33. The molecule has 0 aliphatic heterocycles. The second-order valence-electron chi connectivity index (χ2n) is 10.3. The fourth-order valence-corrected chi connectivity index (χ4v) is 4.50. The van der Waals surface area contributed by atoms with Crippen molar-refractivity contribution in [3.63, 3.8) is 0 Å². The first-order valence-electron chi connectivity index (χ1n) is 12.3. The van der Waals surface area contributed by atoms with Crippen molar-refractivity contribution in [1.82, 2.24) is 9.55 Å². The molecule has 0 aliphatic carbocycles. The minimum atomic E-state index is 0.0646. The molecule has 0 aliphatic rings. The van der Waals surface area contributed by atoms with Crippen molar-refractivity contribution in [3.8, 4) is 33.6 Å². The Morgan fingerprint density at radius 1 is 0.714 bits per heavy atom. The summed E-state index contributed by atoms with van der Waals surface area (Å²) in [5, 5.41) is 0. The zero-order valence-corrected chi connectivity index (χ0v) is 21.0. The van der Waals surface area contributed by atoms with Crippen molar-refractivity contribution in [2.24, 2.45) is 0 Å². The molecule has 0 saturated carbocycles. The lowest BCUT2D eigenvalue weighted by Crippen LogP contribution is -2.09. The highest BCUT2D eigenvalue weighted by molar-refractivity contribution is 5.72. The molecule has 174 valence electrons. The summed E-state index contributed by atoms with van der Waals surface area (Å²) in [4.78, 5) is 4.71. The lowest BCUT2D eigenvalue weighted by Gasteiger charge is -2.16. The predicted molar refractivity (Wildman–Crippen MR) is 148 cm³/mol. The van der Waals surface area contributed by atoms with Gasteiger partial charge in [0.15, 0.2) is 0 Å². The first kappa shape index (κ1) is 22.9. The van der Waals surface area contributed by atoms with Crippen LogP contribution in [0.1, 0.15) is 37.5 Å². The Morgan fingerprint density at radius 2 is 1.43 bits per heavy atom. The lowest BCUT2D eigenvalue weighted by atomic mass is 9.89. The Balaban J connectivity index is 1.59. The molecule has 0 amide bonds. The van der Waals surface area contributed by atoms with Crippen molar-refractivity contribution < 1.29 is 0 Å². The number of rotatable bonds is 5. The van der Waals surface area contributed by atoms with Gasteiger partial charge in [-0.1, -0.05) is 99.6 Å². The average Bonchev–Trinajstić information content (AvgIpc) is 3.30. The second kappa shape index (κ2) is 9.38. The molecule has 0 atom stereocenters. The molecule has 35 heavy (non-hydrogen) atoms. The zero-order valence-electron chi connectivity index (χ0n) is 21.0. The summed E-state index contributed by atoms with van der Waals surface area (Å²) in [6.07, 6.45) is 4.27. The van der Waals surface area contributed by atoms with E-state index in [4.69, 9.17) is 4.98 Å². The number of hydrogen-bond donors (Lipinski definition) is 0. The number of benzene rings is 3. The molecule has 5 rings (SSSR count). The smallest absolute Gasteiger partial charge is 0.0705 e. The minimum absolute atomic E-state index is 0.0646. The van der Waals surface area contributed by atoms with E-state index in [-0.39, 0.29) is 5.41 Å². The molecule has 2 aromatic heterocycles. The number of aromatic nitrogens is 2. The van der Waals surface area contributed by atoms with Gasteiger partial charge in [0.1, 0.15) is 0 Å². The zero-order chi connectivity index (χ0) is 24.4. The first-order chi connectivity index (χ1) is 16.9. The molecule has 0 saturated heterocycles. The van der Waals surface area contributed by atoms with E-state index in [1.54, 1.807) is 0 Å². The van der Waals surface area contributed by atoms with E-state index in [0.29, 0.717) is 0 Å². The first-order valence-corrected chi connectivity index (χ1v) is 12.3. The van der Waals surface area contributed by atoms with Gasteiger partial charge < -0.3 is 4.57 Å². The molecule has 3 aromatic carbocycles. The van der Waals surface area contributed by atoms with Crippen LogP contribution in [0.25, 0.3) is 33.6 Å². The summed E-state index contributed by atoms with van der Waals surface area (Å²) in [5.74, 6) is 0. The van der Waals surface area contributed by atoms with E-state index in [1.807, 2.05) is 6.20 Å². The van der Waals surface area contributed by atoms with E-state index in [2.05, 4.69) is 136 Å². The van der Waals surface area contributed by atoms with Gasteiger partial charge in [-0.25, -0.2) is 0 Å². The summed E-state index contributed by atoms with van der Waals surface area (Å²) in [6, 6.07) is 34.7. The molecule has 0 unspecified atom stereocenters. The maximum atomic E-state index is 4.71. The summed E-state index contributed by atoms with van der Waals surface area (Å²) in [6.45, 7) is 9.70. The monoisotopic (exact) mass is 456 g/mol. The highest BCUT2D eigenvalue weighted by atomic mass is 15.0. The van der Waals surface area contributed by atoms with Crippen molar-refractivity contribution >= 4 is 0 Å². The average molecular weight is 457 g/mol. The van der Waals surface area contributed by atoms with Gasteiger partial charge >= 0.3 is 0 Å². The van der Waals surface area contributed by atoms with Gasteiger partial charge in [0.25, 0.3) is 0 Å². The highest BCUT2D eigenvalue weighted by Gasteiger charge is 2.19. The van der Waals surface area contributed by atoms with Gasteiger partial charge in [-0.15, -0.1) is 0 Å². The van der Waals surface area contributed by atoms with Crippen LogP contribution in [0.5, 0.6) is 0 Å². The van der Waals surface area contributed by atoms with Gasteiger partial charge in [-0.05, 0) is 63.9 Å². The summed E-state index contributed by atoms with van der Waals surface area (Å²) in [5.41, 5.74) is 11.0. The fourth-order valence-electron chi connectivity index (χ4n) is 4.50. The third kappa shape index (κ3) is 4.97. The molecule has 0 bridgehead atoms. The molecule has 0 radical (unpaired) electrons. The van der Waals surface area contributed by atoms with Crippen LogP contribution < -0.4 is 0 Å². The molecular formula is C33H32N2. The number of pyridine rings is 1. The number of nitrogens with zero attached hydrogens (tertiary/aromatic N) is 2. The second-order valence-corrected chi connectivity index (χ2v) is 10.3. The summed E-state index contributed by atoms with van der Waals surface area (Å²) < 4.78 is 2.40. The van der Waals surface area contributed by atoms with E-state index >= 15 is 0 Å². The molecule has 0 fully saturated rings. The van der Waals surface area contributed by atoms with Crippen LogP contribution in [0.4, 0.5) is 0 Å². The van der Waals surface area contributed by atoms with Crippen LogP contribution in [0.3, 0.4) is 0 Å². The van der Waals surface area contributed by atoms with Crippen molar-refractivity contribution in [2.45, 2.75) is 39.7 Å². The third-order valence-electron chi connectivity index (χ3n) is 6.57. The van der Waals surface area contributed by atoms with Crippen LogP contribution in [0, 0.1) is 6.92 Å². The topological polar surface area (TPSA) is 17.8 Å². The third-order valence-corrected chi connectivity index (χ3v) is 6.57. The van der Waals surface area contributed by atoms with Gasteiger partial charge in [0.05, 0.1) is 5.69 Å². The van der Waals surface area contributed by atoms with Gasteiger partial charge in [-0.3, -0.25) is 4.98 Å². The molecule has 5 aromatic rings. The Bertz CT molecular complexity index is 1430. The van der Waals surface area contributed by atoms with Crippen molar-refractivity contribution in [2.75, 3.05) is 0 Å². The Hall–Kier alpha value is -3.91. The Morgan fingerprint density at radius 3 is 2.17 bits per heavy atom. The minimum Gasteiger partial charge on any atom is -0.343 e. The van der Waals surface area contributed by atoms with Gasteiger partial charge in [0, 0.05) is 30.2 Å². The fraction of sp³-hybridized carbons (Fsp3) is 0.182. The standard InChI is InChI=1S/C33H32N2/c1-24-17-18-31(34-21-24)30-16-9-8-13-28(30)22-35-23-29(33(2,3)4)20-32(35)27-15-10-14-26(19-27)25-11-6-5-7-12-25/h5-21,23H,22H2,1-4H3. The van der Waals surface area contributed by atoms with Crippen LogP contribution >= 0.6 is 0 Å². The summed E-state index contributed by atoms with van der Waals surface area (Å²) >= 11 is 0. The van der Waals surface area contributed by atoms with E-state index in [0.717, 1.165) is 12.2 Å². The molecule has 2 heteroatoms. The number of aryl methyl sites for hydroxylation is 1. The normalized spacial score (nSPS) is 11.5. The van der Waals surface area contributed by atoms with Crippen molar-refractivity contribution in [3.05, 3.63) is 126 Å². The van der Waals surface area contributed by atoms with Crippen LogP contribution in [-0.4, -0.2) is 9.55 Å². The van der Waals surface area contributed by atoms with Crippen molar-refractivity contribution in [1.29, 1.82) is 0 Å². The van der Waals surface area contributed by atoms with E-state index in [9.17, 15) is 0 Å².